The van der Waals surface area contributed by atoms with E-state index in [-0.39, 0.29) is 0 Å². The summed E-state index contributed by atoms with van der Waals surface area (Å²) in [6.07, 6.45) is 5.75. The lowest BCUT2D eigenvalue weighted by molar-refractivity contribution is 0.220. The molecule has 2 unspecified atom stereocenters. The van der Waals surface area contributed by atoms with Crippen molar-refractivity contribution in [1.82, 2.24) is 9.03 Å². The maximum atomic E-state index is 12.0. The highest BCUT2D eigenvalue weighted by Gasteiger charge is 2.29. The number of nitrogens with zero attached hydrogens (tertiary/aromatic N) is 1. The van der Waals surface area contributed by atoms with Crippen molar-refractivity contribution in [1.29, 1.82) is 0 Å². The molecular formula is C12H24N2O2S. The third-order valence-corrected chi connectivity index (χ3v) is 4.55. The first-order valence-electron chi connectivity index (χ1n) is 6.31. The molecule has 0 spiro atoms. The second-order valence-electron chi connectivity index (χ2n) is 5.02. The Labute approximate surface area is 105 Å². The van der Waals surface area contributed by atoms with Crippen molar-refractivity contribution in [3.63, 3.8) is 0 Å². The number of allylic oxidation sites excluding steroid dienone is 1. The predicted molar refractivity (Wildman–Crippen MR) is 70.9 cm³/mol. The summed E-state index contributed by atoms with van der Waals surface area (Å²) in [7, 11) is -3.28. The molecule has 0 aromatic rings. The molecule has 1 fully saturated rings. The van der Waals surface area contributed by atoms with E-state index in [9.17, 15) is 8.42 Å². The summed E-state index contributed by atoms with van der Waals surface area (Å²) in [6.45, 7) is 7.91. The van der Waals surface area contributed by atoms with Gasteiger partial charge in [-0.15, -0.1) is 0 Å². The maximum absolute atomic E-state index is 12.0. The molecule has 0 bridgehead atoms. The second kappa shape index (κ2) is 6.52. The molecule has 0 radical (unpaired) electrons. The molecular weight excluding hydrogens is 236 g/mol. The standard InChI is InChI=1S/C12H24N2O2S/c1-4-5-6-7-13-17(15,16)14-9-11(2)8-12(3)10-14/h4-5,11-13H,6-10H2,1-3H3/b5-4+. The van der Waals surface area contributed by atoms with Crippen LogP contribution in [-0.2, 0) is 10.2 Å². The Hall–Kier alpha value is -0.390. The molecule has 1 aliphatic rings. The fourth-order valence-corrected chi connectivity index (χ4v) is 3.79. The summed E-state index contributed by atoms with van der Waals surface area (Å²) in [5, 5.41) is 0. The molecule has 2 atom stereocenters. The Balaban J connectivity index is 2.51. The summed E-state index contributed by atoms with van der Waals surface area (Å²) in [5.41, 5.74) is 0. The molecule has 1 saturated heterocycles. The van der Waals surface area contributed by atoms with Crippen LogP contribution in [0.5, 0.6) is 0 Å². The van der Waals surface area contributed by atoms with Gasteiger partial charge in [0.05, 0.1) is 0 Å². The highest BCUT2D eigenvalue weighted by molar-refractivity contribution is 7.87. The molecule has 1 aliphatic heterocycles. The number of hydrogen-bond donors (Lipinski definition) is 1. The zero-order chi connectivity index (χ0) is 12.9. The molecule has 0 amide bonds. The first-order valence-corrected chi connectivity index (χ1v) is 7.75. The second-order valence-corrected chi connectivity index (χ2v) is 6.78. The Kier molecular flexibility index (Phi) is 5.62. The summed E-state index contributed by atoms with van der Waals surface area (Å²) < 4.78 is 28.3. The summed E-state index contributed by atoms with van der Waals surface area (Å²) >= 11 is 0. The van der Waals surface area contributed by atoms with E-state index in [1.54, 1.807) is 4.31 Å². The van der Waals surface area contributed by atoms with Gasteiger partial charge in [0.15, 0.2) is 0 Å². The summed E-state index contributed by atoms with van der Waals surface area (Å²) in [5.74, 6) is 0.900. The van der Waals surface area contributed by atoms with Crippen LogP contribution in [0.2, 0.25) is 0 Å². The van der Waals surface area contributed by atoms with Crippen molar-refractivity contribution < 1.29 is 8.42 Å². The molecule has 0 aromatic carbocycles. The van der Waals surface area contributed by atoms with Gasteiger partial charge in [-0.2, -0.15) is 12.7 Å². The van der Waals surface area contributed by atoms with Crippen LogP contribution in [0.4, 0.5) is 0 Å². The third-order valence-electron chi connectivity index (χ3n) is 3.01. The van der Waals surface area contributed by atoms with Crippen LogP contribution in [0.15, 0.2) is 12.2 Å². The number of nitrogens with one attached hydrogen (secondary N) is 1. The minimum Gasteiger partial charge on any atom is -0.202 e. The van der Waals surface area contributed by atoms with Gasteiger partial charge in [-0.1, -0.05) is 26.0 Å². The Morgan fingerprint density at radius 2 is 1.88 bits per heavy atom. The van der Waals surface area contributed by atoms with Gasteiger partial charge in [0.2, 0.25) is 0 Å². The monoisotopic (exact) mass is 260 g/mol. The highest BCUT2D eigenvalue weighted by atomic mass is 32.2. The molecule has 1 N–H and O–H groups in total. The zero-order valence-corrected chi connectivity index (χ0v) is 11.8. The number of rotatable bonds is 5. The van der Waals surface area contributed by atoms with Gasteiger partial charge in [-0.05, 0) is 31.6 Å². The Morgan fingerprint density at radius 1 is 1.29 bits per heavy atom. The molecule has 100 valence electrons. The molecule has 1 rings (SSSR count). The zero-order valence-electron chi connectivity index (χ0n) is 11.0. The minimum absolute atomic E-state index is 0.450. The average Bonchev–Trinajstić information content (AvgIpc) is 2.23. The van der Waals surface area contributed by atoms with Crippen LogP contribution < -0.4 is 4.72 Å². The van der Waals surface area contributed by atoms with Crippen LogP contribution in [0, 0.1) is 11.8 Å². The van der Waals surface area contributed by atoms with Gasteiger partial charge in [-0.3, -0.25) is 0 Å². The average molecular weight is 260 g/mol. The first-order chi connectivity index (χ1) is 7.95. The van der Waals surface area contributed by atoms with E-state index in [0.717, 1.165) is 12.8 Å². The van der Waals surface area contributed by atoms with Gasteiger partial charge in [0.25, 0.3) is 10.2 Å². The Morgan fingerprint density at radius 3 is 2.41 bits per heavy atom. The summed E-state index contributed by atoms with van der Waals surface area (Å²) in [4.78, 5) is 0. The molecule has 0 aliphatic carbocycles. The van der Waals surface area contributed by atoms with E-state index in [4.69, 9.17) is 0 Å². The van der Waals surface area contributed by atoms with Crippen molar-refractivity contribution in [2.24, 2.45) is 11.8 Å². The van der Waals surface area contributed by atoms with E-state index >= 15 is 0 Å². The smallest absolute Gasteiger partial charge is 0.202 e. The number of piperidine rings is 1. The molecule has 0 saturated carbocycles. The molecule has 1 heterocycles. The normalized spacial score (nSPS) is 27.7. The first kappa shape index (κ1) is 14.7. The van der Waals surface area contributed by atoms with E-state index in [2.05, 4.69) is 18.6 Å². The van der Waals surface area contributed by atoms with Crippen molar-refractivity contribution in [3.05, 3.63) is 12.2 Å². The van der Waals surface area contributed by atoms with Crippen LogP contribution in [0.3, 0.4) is 0 Å². The fraction of sp³-hybridized carbons (Fsp3) is 0.833. The van der Waals surface area contributed by atoms with Gasteiger partial charge >= 0.3 is 0 Å². The third kappa shape index (κ3) is 4.77. The minimum atomic E-state index is -3.28. The number of hydrogen-bond acceptors (Lipinski definition) is 2. The van der Waals surface area contributed by atoms with Crippen molar-refractivity contribution in [3.8, 4) is 0 Å². The van der Waals surface area contributed by atoms with E-state index in [0.29, 0.717) is 31.5 Å². The molecule has 4 nitrogen and oxygen atoms in total. The van der Waals surface area contributed by atoms with E-state index in [1.807, 2.05) is 19.1 Å². The lowest BCUT2D eigenvalue weighted by atomic mass is 9.94. The Bertz CT molecular complexity index is 342. The highest BCUT2D eigenvalue weighted by Crippen LogP contribution is 2.22. The maximum Gasteiger partial charge on any atom is 0.279 e. The predicted octanol–water partition coefficient (Wildman–Crippen LogP) is 1.76. The van der Waals surface area contributed by atoms with Gasteiger partial charge in [0.1, 0.15) is 0 Å². The lowest BCUT2D eigenvalue weighted by Gasteiger charge is -2.33. The van der Waals surface area contributed by atoms with Crippen LogP contribution in [-0.4, -0.2) is 32.4 Å². The van der Waals surface area contributed by atoms with Crippen molar-refractivity contribution >= 4 is 10.2 Å². The quantitative estimate of drug-likeness (QED) is 0.605. The lowest BCUT2D eigenvalue weighted by Crippen LogP contribution is -2.48. The van der Waals surface area contributed by atoms with Crippen LogP contribution >= 0.6 is 0 Å². The van der Waals surface area contributed by atoms with Crippen LogP contribution in [0.25, 0.3) is 0 Å². The van der Waals surface area contributed by atoms with Gasteiger partial charge in [0, 0.05) is 19.6 Å². The topological polar surface area (TPSA) is 49.4 Å². The van der Waals surface area contributed by atoms with Crippen LogP contribution in [0.1, 0.15) is 33.6 Å². The van der Waals surface area contributed by atoms with E-state index < -0.39 is 10.2 Å². The largest absolute Gasteiger partial charge is 0.279 e. The van der Waals surface area contributed by atoms with Crippen molar-refractivity contribution in [2.75, 3.05) is 19.6 Å². The molecule has 17 heavy (non-hydrogen) atoms. The SMILES string of the molecule is C/C=C/CCNS(=O)(=O)N1CC(C)CC(C)C1. The summed E-state index contributed by atoms with van der Waals surface area (Å²) in [6, 6.07) is 0. The molecule has 0 aromatic heterocycles. The molecule has 5 heteroatoms. The van der Waals surface area contributed by atoms with Gasteiger partial charge < -0.3 is 0 Å². The fourth-order valence-electron chi connectivity index (χ4n) is 2.33. The van der Waals surface area contributed by atoms with E-state index in [1.165, 1.54) is 0 Å². The van der Waals surface area contributed by atoms with Crippen molar-refractivity contribution in [2.45, 2.75) is 33.6 Å². The van der Waals surface area contributed by atoms with Gasteiger partial charge in [-0.25, -0.2) is 4.72 Å².